The van der Waals surface area contributed by atoms with Gasteiger partial charge in [0.1, 0.15) is 0 Å². The second-order valence-corrected chi connectivity index (χ2v) is 9.49. The van der Waals surface area contributed by atoms with E-state index in [1.165, 1.54) is 12.3 Å². The van der Waals surface area contributed by atoms with Crippen LogP contribution in [0.1, 0.15) is 0 Å². The molecule has 2 aliphatic rings. The molecule has 0 spiro atoms. The molecule has 2 nitrogen and oxygen atoms in total. The minimum Gasteiger partial charge on any atom is -0.380 e. The zero-order valence-electron chi connectivity index (χ0n) is 9.11. The summed E-state index contributed by atoms with van der Waals surface area (Å²) in [6, 6.07) is 0. The first-order valence-corrected chi connectivity index (χ1v) is 9.43. The van der Waals surface area contributed by atoms with Crippen molar-refractivity contribution in [1.82, 2.24) is 0 Å². The molecule has 14 heavy (non-hydrogen) atoms. The van der Waals surface area contributed by atoms with E-state index in [1.807, 2.05) is 0 Å². The summed E-state index contributed by atoms with van der Waals surface area (Å²) in [6.45, 7) is 8.88. The third-order valence-corrected chi connectivity index (χ3v) is 8.62. The largest absolute Gasteiger partial charge is 0.380 e. The van der Waals surface area contributed by atoms with Crippen molar-refractivity contribution in [3.05, 3.63) is 0 Å². The van der Waals surface area contributed by atoms with Gasteiger partial charge in [0.2, 0.25) is 0 Å². The van der Waals surface area contributed by atoms with Gasteiger partial charge in [0.15, 0.2) is 0 Å². The Hall–Kier alpha value is 0.780. The minimum atomic E-state index is 0.207. The lowest BCUT2D eigenvalue weighted by molar-refractivity contribution is 0.109. The molecule has 0 N–H and O–H groups in total. The van der Waals surface area contributed by atoms with E-state index in [-0.39, 0.29) is 15.8 Å². The van der Waals surface area contributed by atoms with Crippen LogP contribution in [0.4, 0.5) is 0 Å². The van der Waals surface area contributed by atoms with Gasteiger partial charge in [0.05, 0.1) is 26.4 Å². The van der Waals surface area contributed by atoms with Crippen molar-refractivity contribution in [2.24, 2.45) is 0 Å². The minimum absolute atomic E-state index is 0.207. The van der Waals surface area contributed by atoms with Crippen molar-refractivity contribution in [2.45, 2.75) is 11.3 Å². The van der Waals surface area contributed by atoms with Gasteiger partial charge in [-0.05, 0) is 25.7 Å². The fraction of sp³-hybridized carbons (Fsp3) is 1.00. The van der Waals surface area contributed by atoms with E-state index < -0.39 is 0 Å². The highest BCUT2D eigenvalue weighted by Crippen LogP contribution is 2.52. The smallest absolute Gasteiger partial charge is 0.0540 e. The van der Waals surface area contributed by atoms with E-state index in [0.29, 0.717) is 0 Å². The fourth-order valence-electron chi connectivity index (χ4n) is 2.22. The highest BCUT2D eigenvalue weighted by Gasteiger charge is 2.34. The predicted molar refractivity (Wildman–Crippen MR) is 64.6 cm³/mol. The monoisotopic (exact) mass is 234 g/mol. The van der Waals surface area contributed by atoms with Crippen LogP contribution in [0.2, 0.25) is 0 Å². The standard InChI is InChI=1S/C10H20O2P2/c1-13-5-3-11-7-9(13)10-8-12-4-6-14(10)2/h9-10H,3-8H2,1-2H3/t9-,10-,13-,14-/m1/s1. The van der Waals surface area contributed by atoms with Crippen LogP contribution in [-0.2, 0) is 9.47 Å². The summed E-state index contributed by atoms with van der Waals surface area (Å²) in [5.41, 5.74) is 1.66. The van der Waals surface area contributed by atoms with Gasteiger partial charge in [0, 0.05) is 11.3 Å². The highest BCUT2D eigenvalue weighted by molar-refractivity contribution is 7.62. The van der Waals surface area contributed by atoms with Gasteiger partial charge in [0.25, 0.3) is 0 Å². The van der Waals surface area contributed by atoms with Gasteiger partial charge in [-0.3, -0.25) is 0 Å². The van der Waals surface area contributed by atoms with Crippen molar-refractivity contribution < 1.29 is 9.47 Å². The first-order chi connectivity index (χ1) is 6.79. The Balaban J connectivity index is 1.96. The van der Waals surface area contributed by atoms with Gasteiger partial charge < -0.3 is 9.47 Å². The van der Waals surface area contributed by atoms with E-state index in [2.05, 4.69) is 13.3 Å². The van der Waals surface area contributed by atoms with Crippen LogP contribution < -0.4 is 0 Å². The first-order valence-electron chi connectivity index (χ1n) is 5.35. The number of hydrogen-bond acceptors (Lipinski definition) is 2. The summed E-state index contributed by atoms with van der Waals surface area (Å²) < 4.78 is 11.3. The molecular weight excluding hydrogens is 214 g/mol. The zero-order chi connectivity index (χ0) is 9.97. The lowest BCUT2D eigenvalue weighted by Gasteiger charge is -2.40. The molecule has 0 bridgehead atoms. The molecule has 2 rings (SSSR count). The summed E-state index contributed by atoms with van der Waals surface area (Å²) >= 11 is 0. The van der Waals surface area contributed by atoms with Gasteiger partial charge in [-0.1, -0.05) is 0 Å². The number of hydrogen-bond donors (Lipinski definition) is 0. The fourth-order valence-corrected chi connectivity index (χ4v) is 7.15. The van der Waals surface area contributed by atoms with E-state index in [4.69, 9.17) is 9.47 Å². The van der Waals surface area contributed by atoms with Crippen LogP contribution in [0.25, 0.3) is 0 Å². The Labute approximate surface area is 89.2 Å². The third-order valence-electron chi connectivity index (χ3n) is 3.33. The molecule has 2 aliphatic heterocycles. The maximum atomic E-state index is 5.63. The highest BCUT2D eigenvalue weighted by atomic mass is 31.1. The Morgan fingerprint density at radius 2 is 1.29 bits per heavy atom. The zero-order valence-corrected chi connectivity index (χ0v) is 10.9. The summed E-state index contributed by atoms with van der Waals surface area (Å²) in [7, 11) is 0.413. The molecule has 0 aromatic heterocycles. The first kappa shape index (κ1) is 11.3. The van der Waals surface area contributed by atoms with E-state index in [1.54, 1.807) is 0 Å². The Morgan fingerprint density at radius 3 is 1.64 bits per heavy atom. The van der Waals surface area contributed by atoms with Crippen molar-refractivity contribution in [3.8, 4) is 0 Å². The van der Waals surface area contributed by atoms with Crippen molar-refractivity contribution in [2.75, 3.05) is 52.1 Å². The van der Waals surface area contributed by atoms with Crippen LogP contribution in [-0.4, -0.2) is 63.4 Å². The van der Waals surface area contributed by atoms with E-state index in [9.17, 15) is 0 Å². The average Bonchev–Trinajstić information content (AvgIpc) is 2.20. The van der Waals surface area contributed by atoms with Crippen LogP contribution in [0.15, 0.2) is 0 Å². The maximum Gasteiger partial charge on any atom is 0.0540 e. The Morgan fingerprint density at radius 1 is 0.857 bits per heavy atom. The second-order valence-electron chi connectivity index (χ2n) is 4.25. The molecule has 82 valence electrons. The molecular formula is C10H20O2P2. The Kier molecular flexibility index (Phi) is 4.20. The Bertz CT molecular complexity index is 169. The number of ether oxygens (including phenoxy) is 2. The van der Waals surface area contributed by atoms with Gasteiger partial charge in [-0.15, -0.1) is 15.8 Å². The predicted octanol–water partition coefficient (Wildman–Crippen LogP) is 2.01. The van der Waals surface area contributed by atoms with E-state index in [0.717, 1.165) is 37.7 Å². The molecule has 0 aromatic rings. The molecule has 4 heteroatoms. The van der Waals surface area contributed by atoms with Crippen LogP contribution >= 0.6 is 15.8 Å². The lowest BCUT2D eigenvalue weighted by Crippen LogP contribution is -2.38. The summed E-state index contributed by atoms with van der Waals surface area (Å²) in [5.74, 6) is 0. The molecule has 4 atom stereocenters. The van der Waals surface area contributed by atoms with E-state index >= 15 is 0 Å². The van der Waals surface area contributed by atoms with Crippen molar-refractivity contribution in [1.29, 1.82) is 0 Å². The van der Waals surface area contributed by atoms with Crippen molar-refractivity contribution >= 4 is 15.8 Å². The topological polar surface area (TPSA) is 18.5 Å². The van der Waals surface area contributed by atoms with Gasteiger partial charge in [-0.2, -0.15) is 0 Å². The van der Waals surface area contributed by atoms with Gasteiger partial charge >= 0.3 is 0 Å². The van der Waals surface area contributed by atoms with Crippen LogP contribution in [0, 0.1) is 0 Å². The second kappa shape index (κ2) is 5.21. The summed E-state index contributed by atoms with van der Waals surface area (Å²) in [4.78, 5) is 0. The molecule has 0 unspecified atom stereocenters. The molecule has 0 radical (unpaired) electrons. The van der Waals surface area contributed by atoms with Crippen LogP contribution in [0.3, 0.4) is 0 Å². The van der Waals surface area contributed by atoms with Crippen molar-refractivity contribution in [3.63, 3.8) is 0 Å². The van der Waals surface area contributed by atoms with Gasteiger partial charge in [-0.25, -0.2) is 0 Å². The molecule has 2 saturated heterocycles. The molecule has 0 aliphatic carbocycles. The molecule has 0 aromatic carbocycles. The molecule has 2 heterocycles. The summed E-state index contributed by atoms with van der Waals surface area (Å²) in [5, 5.41) is 0. The average molecular weight is 234 g/mol. The quantitative estimate of drug-likeness (QED) is 0.646. The number of rotatable bonds is 1. The lowest BCUT2D eigenvalue weighted by atomic mass is 10.3. The SMILES string of the molecule is C[P@]1CCOC[C@@H]1[C@H]1COCC[P@@]1C. The summed E-state index contributed by atoms with van der Waals surface area (Å²) in [6.07, 6.45) is 2.61. The molecule has 0 saturated carbocycles. The maximum absolute atomic E-state index is 5.63. The molecule has 2 fully saturated rings. The normalized spacial score (nSPS) is 45.0. The molecule has 0 amide bonds. The van der Waals surface area contributed by atoms with Crippen LogP contribution in [0.5, 0.6) is 0 Å². The third kappa shape index (κ3) is 2.47.